The van der Waals surface area contributed by atoms with E-state index in [-0.39, 0.29) is 6.04 Å². The number of aryl methyl sites for hydroxylation is 1. The summed E-state index contributed by atoms with van der Waals surface area (Å²) in [5, 5.41) is 8.75. The molecule has 1 fully saturated rings. The molecule has 1 aliphatic heterocycles. The van der Waals surface area contributed by atoms with E-state index in [4.69, 9.17) is 0 Å². The second kappa shape index (κ2) is 5.63. The van der Waals surface area contributed by atoms with Gasteiger partial charge in [0.2, 0.25) is 20.1 Å². The van der Waals surface area contributed by atoms with Crippen molar-refractivity contribution in [2.45, 2.75) is 25.8 Å². The number of nitrogens with one attached hydrogen (secondary N) is 1. The van der Waals surface area contributed by atoms with Gasteiger partial charge in [-0.1, -0.05) is 11.3 Å². The number of sulfonamides is 1. The Morgan fingerprint density at radius 2 is 2.05 bits per heavy atom. The van der Waals surface area contributed by atoms with E-state index in [0.717, 1.165) is 32.3 Å². The molecule has 3 heterocycles. The normalized spacial score (nSPS) is 18.4. The average molecular weight is 441 g/mol. The highest BCUT2D eigenvalue weighted by atomic mass is 127. The van der Waals surface area contributed by atoms with Gasteiger partial charge in [0.15, 0.2) is 0 Å². The molecule has 1 saturated heterocycles. The van der Waals surface area contributed by atoms with Crippen molar-refractivity contribution in [2.75, 3.05) is 24.7 Å². The van der Waals surface area contributed by atoms with Crippen molar-refractivity contribution < 1.29 is 8.42 Å². The van der Waals surface area contributed by atoms with Gasteiger partial charge in [0.1, 0.15) is 3.70 Å². The third kappa shape index (κ3) is 3.17. The van der Waals surface area contributed by atoms with Crippen molar-refractivity contribution >= 4 is 54.0 Å². The molecule has 21 heavy (non-hydrogen) atoms. The summed E-state index contributed by atoms with van der Waals surface area (Å²) in [6, 6.07) is 0.262. The van der Waals surface area contributed by atoms with E-state index in [1.54, 1.807) is 0 Å². The Morgan fingerprint density at radius 3 is 2.62 bits per heavy atom. The zero-order chi connectivity index (χ0) is 15.2. The van der Waals surface area contributed by atoms with Crippen molar-refractivity contribution in [1.82, 2.24) is 18.9 Å². The van der Waals surface area contributed by atoms with Crippen LogP contribution in [0, 0.1) is 10.6 Å². The number of nitrogens with zero attached hydrogens (tertiary/aromatic N) is 4. The molecule has 10 heteroatoms. The first-order chi connectivity index (χ1) is 9.84. The second-order valence-electron chi connectivity index (χ2n) is 5.17. The largest absolute Gasteiger partial charge is 0.357 e. The SMILES string of the molecule is Cc1nc2sc(NC3CCN(S(C)(=O)=O)CC3)nn2c1I. The molecule has 1 N–H and O–H groups in total. The summed E-state index contributed by atoms with van der Waals surface area (Å²) in [5.41, 5.74) is 0.988. The molecule has 0 amide bonds. The van der Waals surface area contributed by atoms with Crippen LogP contribution < -0.4 is 5.32 Å². The summed E-state index contributed by atoms with van der Waals surface area (Å²) >= 11 is 3.76. The maximum Gasteiger partial charge on any atom is 0.215 e. The predicted molar refractivity (Wildman–Crippen MR) is 91.4 cm³/mol. The lowest BCUT2D eigenvalue weighted by molar-refractivity contribution is 0.332. The van der Waals surface area contributed by atoms with Crippen LogP contribution in [0.15, 0.2) is 0 Å². The van der Waals surface area contributed by atoms with E-state index in [2.05, 4.69) is 38.0 Å². The highest BCUT2D eigenvalue weighted by Gasteiger charge is 2.25. The van der Waals surface area contributed by atoms with Crippen LogP contribution in [0.1, 0.15) is 18.5 Å². The Hall–Kier alpha value is -0.460. The number of fused-ring (bicyclic) bond motifs is 1. The van der Waals surface area contributed by atoms with Gasteiger partial charge in [-0.05, 0) is 42.4 Å². The lowest BCUT2D eigenvalue weighted by Crippen LogP contribution is -2.41. The Labute approximate surface area is 140 Å². The molecule has 0 unspecified atom stereocenters. The average Bonchev–Trinajstić information content (AvgIpc) is 2.90. The quantitative estimate of drug-likeness (QED) is 0.732. The number of rotatable bonds is 3. The summed E-state index contributed by atoms with van der Waals surface area (Å²) in [7, 11) is -3.07. The zero-order valence-electron chi connectivity index (χ0n) is 11.7. The molecule has 0 radical (unpaired) electrons. The van der Waals surface area contributed by atoms with Crippen LogP contribution in [0.5, 0.6) is 0 Å². The van der Waals surface area contributed by atoms with Crippen LogP contribution in [-0.2, 0) is 10.0 Å². The highest BCUT2D eigenvalue weighted by Crippen LogP contribution is 2.25. The predicted octanol–water partition coefficient (Wildman–Crippen LogP) is 1.54. The van der Waals surface area contributed by atoms with Gasteiger partial charge in [0.25, 0.3) is 0 Å². The van der Waals surface area contributed by atoms with E-state index >= 15 is 0 Å². The van der Waals surface area contributed by atoms with Gasteiger partial charge in [0.05, 0.1) is 11.9 Å². The molecule has 0 aromatic carbocycles. The number of anilines is 1. The molecule has 0 saturated carbocycles. The summed E-state index contributed by atoms with van der Waals surface area (Å²) in [6.45, 7) is 3.10. The Kier molecular flexibility index (Phi) is 4.14. The van der Waals surface area contributed by atoms with Crippen LogP contribution in [0.3, 0.4) is 0 Å². The third-order valence-electron chi connectivity index (χ3n) is 3.56. The summed E-state index contributed by atoms with van der Waals surface area (Å²) < 4.78 is 27.4. The minimum atomic E-state index is -3.07. The Balaban J connectivity index is 1.67. The fourth-order valence-electron chi connectivity index (χ4n) is 2.39. The fraction of sp³-hybridized carbons (Fsp3) is 0.636. The van der Waals surface area contributed by atoms with E-state index in [9.17, 15) is 8.42 Å². The molecule has 1 aliphatic rings. The fourth-order valence-corrected chi connectivity index (χ4v) is 4.81. The number of halogens is 1. The van der Waals surface area contributed by atoms with Gasteiger partial charge in [0, 0.05) is 19.1 Å². The maximum absolute atomic E-state index is 11.5. The van der Waals surface area contributed by atoms with Crippen LogP contribution in [0.25, 0.3) is 4.96 Å². The van der Waals surface area contributed by atoms with Crippen LogP contribution >= 0.6 is 33.9 Å². The van der Waals surface area contributed by atoms with Gasteiger partial charge in [-0.15, -0.1) is 5.10 Å². The molecular weight excluding hydrogens is 425 g/mol. The Morgan fingerprint density at radius 1 is 1.38 bits per heavy atom. The number of hydrogen-bond donors (Lipinski definition) is 1. The van der Waals surface area contributed by atoms with Crippen molar-refractivity contribution in [3.63, 3.8) is 0 Å². The zero-order valence-corrected chi connectivity index (χ0v) is 15.5. The lowest BCUT2D eigenvalue weighted by Gasteiger charge is -2.30. The summed E-state index contributed by atoms with van der Waals surface area (Å²) in [6.07, 6.45) is 2.86. The minimum absolute atomic E-state index is 0.262. The molecule has 0 atom stereocenters. The van der Waals surface area contributed by atoms with Crippen molar-refractivity contribution in [3.05, 3.63) is 9.39 Å². The minimum Gasteiger partial charge on any atom is -0.357 e. The van der Waals surface area contributed by atoms with E-state index in [1.807, 2.05) is 11.4 Å². The lowest BCUT2D eigenvalue weighted by atomic mass is 10.1. The third-order valence-corrected chi connectivity index (χ3v) is 6.94. The van der Waals surface area contributed by atoms with Crippen molar-refractivity contribution in [1.29, 1.82) is 0 Å². The molecule has 116 valence electrons. The van der Waals surface area contributed by atoms with Gasteiger partial charge < -0.3 is 5.32 Å². The number of piperidine rings is 1. The molecule has 2 aromatic rings. The van der Waals surface area contributed by atoms with Crippen LogP contribution in [-0.4, -0.2) is 52.7 Å². The first-order valence-electron chi connectivity index (χ1n) is 6.58. The topological polar surface area (TPSA) is 79.6 Å². The molecule has 3 rings (SSSR count). The molecule has 0 spiro atoms. The van der Waals surface area contributed by atoms with Crippen LogP contribution in [0.4, 0.5) is 5.13 Å². The molecule has 7 nitrogen and oxygen atoms in total. The van der Waals surface area contributed by atoms with Gasteiger partial charge in [-0.25, -0.2) is 17.7 Å². The first-order valence-corrected chi connectivity index (χ1v) is 10.3. The molecular formula is C11H16IN5O2S2. The molecule has 0 bridgehead atoms. The number of hydrogen-bond acceptors (Lipinski definition) is 6. The maximum atomic E-state index is 11.5. The van der Waals surface area contributed by atoms with Gasteiger partial charge in [-0.3, -0.25) is 0 Å². The first kappa shape index (κ1) is 15.4. The molecule has 0 aliphatic carbocycles. The smallest absolute Gasteiger partial charge is 0.215 e. The number of imidazole rings is 1. The van der Waals surface area contributed by atoms with E-state index < -0.39 is 10.0 Å². The summed E-state index contributed by atoms with van der Waals surface area (Å²) in [5.74, 6) is 0. The van der Waals surface area contributed by atoms with Crippen molar-refractivity contribution in [3.8, 4) is 0 Å². The monoisotopic (exact) mass is 441 g/mol. The van der Waals surface area contributed by atoms with Crippen molar-refractivity contribution in [2.24, 2.45) is 0 Å². The molecule has 2 aromatic heterocycles. The Bertz CT molecular complexity index is 761. The van der Waals surface area contributed by atoms with Gasteiger partial charge in [-0.2, -0.15) is 4.52 Å². The second-order valence-corrected chi connectivity index (χ2v) is 9.13. The van der Waals surface area contributed by atoms with Crippen LogP contribution in [0.2, 0.25) is 0 Å². The van der Waals surface area contributed by atoms with E-state index in [1.165, 1.54) is 21.9 Å². The highest BCUT2D eigenvalue weighted by molar-refractivity contribution is 14.1. The standard InChI is InChI=1S/C11H16IN5O2S2/c1-7-9(12)17-11(13-7)20-10(15-17)14-8-3-5-16(6-4-8)21(2,18)19/h8H,3-6H2,1-2H3,(H,14,15). The van der Waals surface area contributed by atoms with Gasteiger partial charge >= 0.3 is 0 Å². The van der Waals surface area contributed by atoms with E-state index in [0.29, 0.717) is 13.1 Å². The summed E-state index contributed by atoms with van der Waals surface area (Å²) in [4.78, 5) is 5.34. The number of aromatic nitrogens is 3.